The van der Waals surface area contributed by atoms with Gasteiger partial charge in [0.15, 0.2) is 0 Å². The van der Waals surface area contributed by atoms with E-state index in [2.05, 4.69) is 23.5 Å². The molecule has 0 aliphatic rings. The Balaban J connectivity index is 1.64. The zero-order valence-corrected chi connectivity index (χ0v) is 15.5. The van der Waals surface area contributed by atoms with Crippen molar-refractivity contribution >= 4 is 11.6 Å². The van der Waals surface area contributed by atoms with Gasteiger partial charge < -0.3 is 14.8 Å². The molecular formula is C22H22ClNO2. The van der Waals surface area contributed by atoms with Crippen molar-refractivity contribution in [3.8, 4) is 11.5 Å². The molecule has 3 aromatic rings. The van der Waals surface area contributed by atoms with Gasteiger partial charge in [-0.1, -0.05) is 60.1 Å². The average molecular weight is 368 g/mol. The van der Waals surface area contributed by atoms with E-state index in [4.69, 9.17) is 21.1 Å². The highest BCUT2D eigenvalue weighted by Gasteiger charge is 2.07. The van der Waals surface area contributed by atoms with Gasteiger partial charge in [-0.15, -0.1) is 0 Å². The zero-order valence-electron chi connectivity index (χ0n) is 14.7. The van der Waals surface area contributed by atoms with Crippen molar-refractivity contribution in [2.75, 3.05) is 7.11 Å². The summed E-state index contributed by atoms with van der Waals surface area (Å²) in [5.74, 6) is 1.72. The van der Waals surface area contributed by atoms with Crippen LogP contribution in [0.4, 0.5) is 0 Å². The van der Waals surface area contributed by atoms with E-state index in [-0.39, 0.29) is 0 Å². The van der Waals surface area contributed by atoms with Crippen molar-refractivity contribution in [3.05, 3.63) is 94.5 Å². The van der Waals surface area contributed by atoms with Crippen LogP contribution in [0.1, 0.15) is 16.7 Å². The first-order valence-corrected chi connectivity index (χ1v) is 8.92. The molecule has 0 amide bonds. The van der Waals surface area contributed by atoms with Crippen molar-refractivity contribution < 1.29 is 9.47 Å². The Morgan fingerprint density at radius 1 is 0.808 bits per heavy atom. The van der Waals surface area contributed by atoms with E-state index >= 15 is 0 Å². The van der Waals surface area contributed by atoms with E-state index in [0.29, 0.717) is 24.7 Å². The molecule has 0 heterocycles. The van der Waals surface area contributed by atoms with Gasteiger partial charge in [0.05, 0.1) is 7.11 Å². The Hall–Kier alpha value is -2.49. The first-order valence-electron chi connectivity index (χ1n) is 8.54. The molecule has 0 aromatic heterocycles. The van der Waals surface area contributed by atoms with Crippen LogP contribution in [-0.2, 0) is 19.7 Å². The highest BCUT2D eigenvalue weighted by Crippen LogP contribution is 2.24. The van der Waals surface area contributed by atoms with E-state index in [1.807, 2.05) is 54.6 Å². The molecule has 3 nitrogen and oxygen atoms in total. The number of nitrogens with one attached hydrogen (secondary N) is 1. The number of hydrogen-bond acceptors (Lipinski definition) is 3. The third-order valence-corrected chi connectivity index (χ3v) is 4.32. The van der Waals surface area contributed by atoms with E-state index in [1.54, 1.807) is 7.11 Å². The molecule has 0 radical (unpaired) electrons. The number of halogens is 1. The van der Waals surface area contributed by atoms with Gasteiger partial charge in [0.1, 0.15) is 18.1 Å². The Bertz CT molecular complexity index is 837. The summed E-state index contributed by atoms with van der Waals surface area (Å²) >= 11 is 6.17. The fraction of sp³-hybridized carbons (Fsp3) is 0.182. The van der Waals surface area contributed by atoms with E-state index < -0.39 is 0 Å². The number of rotatable bonds is 8. The predicted octanol–water partition coefficient (Wildman–Crippen LogP) is 5.22. The molecular weight excluding hydrogens is 346 g/mol. The first-order chi connectivity index (χ1) is 12.8. The maximum atomic E-state index is 6.17. The van der Waals surface area contributed by atoms with Crippen molar-refractivity contribution in [2.45, 2.75) is 19.7 Å². The van der Waals surface area contributed by atoms with Crippen molar-refractivity contribution in [2.24, 2.45) is 0 Å². The molecule has 0 atom stereocenters. The fourth-order valence-corrected chi connectivity index (χ4v) is 2.94. The minimum atomic E-state index is 0.530. The minimum absolute atomic E-state index is 0.530. The summed E-state index contributed by atoms with van der Waals surface area (Å²) in [6.45, 7) is 1.89. The maximum absolute atomic E-state index is 6.17. The van der Waals surface area contributed by atoms with Gasteiger partial charge in [-0.25, -0.2) is 0 Å². The van der Waals surface area contributed by atoms with Gasteiger partial charge in [-0.3, -0.25) is 0 Å². The molecule has 3 aromatic carbocycles. The second-order valence-corrected chi connectivity index (χ2v) is 6.38. The lowest BCUT2D eigenvalue weighted by Gasteiger charge is -2.14. The van der Waals surface area contributed by atoms with Crippen LogP contribution in [0.2, 0.25) is 5.02 Å². The number of methoxy groups -OCH3 is 1. The number of ether oxygens (including phenoxy) is 2. The van der Waals surface area contributed by atoms with Gasteiger partial charge >= 0.3 is 0 Å². The summed E-state index contributed by atoms with van der Waals surface area (Å²) in [5, 5.41) is 4.14. The molecule has 3 rings (SSSR count). The summed E-state index contributed by atoms with van der Waals surface area (Å²) in [4.78, 5) is 0. The average Bonchev–Trinajstić information content (AvgIpc) is 2.68. The largest absolute Gasteiger partial charge is 0.496 e. The summed E-state index contributed by atoms with van der Waals surface area (Å²) < 4.78 is 11.4. The molecule has 26 heavy (non-hydrogen) atoms. The standard InChI is InChI=1S/C22H22ClNO2/c1-25-21-10-6-5-9-18(21)14-24-15-19-13-20(23)11-12-22(19)26-16-17-7-3-2-4-8-17/h2-13,24H,14-16H2,1H3. The highest BCUT2D eigenvalue weighted by molar-refractivity contribution is 6.30. The molecule has 0 aliphatic heterocycles. The molecule has 0 unspecified atom stereocenters. The molecule has 0 saturated carbocycles. The number of hydrogen-bond donors (Lipinski definition) is 1. The predicted molar refractivity (Wildman–Crippen MR) is 106 cm³/mol. The smallest absolute Gasteiger partial charge is 0.124 e. The van der Waals surface area contributed by atoms with Gasteiger partial charge in [0.25, 0.3) is 0 Å². The van der Waals surface area contributed by atoms with Crippen LogP contribution >= 0.6 is 11.6 Å². The monoisotopic (exact) mass is 367 g/mol. The highest BCUT2D eigenvalue weighted by atomic mass is 35.5. The van der Waals surface area contributed by atoms with Crippen LogP contribution in [0, 0.1) is 0 Å². The fourth-order valence-electron chi connectivity index (χ4n) is 2.74. The van der Waals surface area contributed by atoms with Crippen LogP contribution in [0.3, 0.4) is 0 Å². The molecule has 134 valence electrons. The van der Waals surface area contributed by atoms with E-state index in [0.717, 1.165) is 28.2 Å². The summed E-state index contributed by atoms with van der Waals surface area (Å²) in [6.07, 6.45) is 0. The summed E-state index contributed by atoms with van der Waals surface area (Å²) in [6, 6.07) is 23.8. The maximum Gasteiger partial charge on any atom is 0.124 e. The molecule has 0 bridgehead atoms. The third kappa shape index (κ3) is 5.01. The lowest BCUT2D eigenvalue weighted by Crippen LogP contribution is -2.14. The summed E-state index contributed by atoms with van der Waals surface area (Å²) in [5.41, 5.74) is 3.28. The van der Waals surface area contributed by atoms with Crippen molar-refractivity contribution in [1.82, 2.24) is 5.32 Å². The molecule has 0 saturated heterocycles. The Labute approximate surface area is 159 Å². The van der Waals surface area contributed by atoms with Gasteiger partial charge in [-0.05, 0) is 29.8 Å². The zero-order chi connectivity index (χ0) is 18.2. The topological polar surface area (TPSA) is 30.5 Å². The SMILES string of the molecule is COc1ccccc1CNCc1cc(Cl)ccc1OCc1ccccc1. The second kappa shape index (κ2) is 9.27. The Morgan fingerprint density at radius 2 is 1.54 bits per heavy atom. The first kappa shape index (κ1) is 18.3. The minimum Gasteiger partial charge on any atom is -0.496 e. The van der Waals surface area contributed by atoms with Crippen molar-refractivity contribution in [3.63, 3.8) is 0 Å². The molecule has 0 fully saturated rings. The van der Waals surface area contributed by atoms with Crippen LogP contribution in [-0.4, -0.2) is 7.11 Å². The van der Waals surface area contributed by atoms with Gasteiger partial charge in [0.2, 0.25) is 0 Å². The van der Waals surface area contributed by atoms with Gasteiger partial charge in [0, 0.05) is 29.2 Å². The Kier molecular flexibility index (Phi) is 6.53. The molecule has 0 aliphatic carbocycles. The van der Waals surface area contributed by atoms with Crippen LogP contribution in [0.25, 0.3) is 0 Å². The van der Waals surface area contributed by atoms with E-state index in [9.17, 15) is 0 Å². The number of benzene rings is 3. The quantitative estimate of drug-likeness (QED) is 0.592. The Morgan fingerprint density at radius 3 is 2.35 bits per heavy atom. The van der Waals surface area contributed by atoms with Crippen LogP contribution in [0.5, 0.6) is 11.5 Å². The third-order valence-electron chi connectivity index (χ3n) is 4.08. The molecule has 4 heteroatoms. The van der Waals surface area contributed by atoms with Gasteiger partial charge in [-0.2, -0.15) is 0 Å². The lowest BCUT2D eigenvalue weighted by molar-refractivity contribution is 0.302. The summed E-state index contributed by atoms with van der Waals surface area (Å²) in [7, 11) is 1.69. The molecule has 0 spiro atoms. The second-order valence-electron chi connectivity index (χ2n) is 5.94. The lowest BCUT2D eigenvalue weighted by atomic mass is 10.1. The van der Waals surface area contributed by atoms with Crippen LogP contribution < -0.4 is 14.8 Å². The van der Waals surface area contributed by atoms with E-state index in [1.165, 1.54) is 0 Å². The van der Waals surface area contributed by atoms with Crippen LogP contribution in [0.15, 0.2) is 72.8 Å². The number of para-hydroxylation sites is 1. The van der Waals surface area contributed by atoms with Crippen molar-refractivity contribution in [1.29, 1.82) is 0 Å². The normalized spacial score (nSPS) is 10.5. The molecule has 1 N–H and O–H groups in total.